The Bertz CT molecular complexity index is 358. The van der Waals surface area contributed by atoms with Crippen molar-refractivity contribution in [2.45, 2.75) is 12.5 Å². The topological polar surface area (TPSA) is 46.2 Å². The number of benzene rings is 1. The molecule has 0 bridgehead atoms. The van der Waals surface area contributed by atoms with E-state index < -0.39 is 11.9 Å². The molecule has 0 aliphatic heterocycles. The SMILES string of the molecule is C=CC[C@H](N)c1c(F)ccc(Cl)c1O.Cl. The highest BCUT2D eigenvalue weighted by Crippen LogP contribution is 2.33. The van der Waals surface area contributed by atoms with Gasteiger partial charge in [-0.1, -0.05) is 17.7 Å². The molecular weight excluding hydrogens is 240 g/mol. The summed E-state index contributed by atoms with van der Waals surface area (Å²) in [5.41, 5.74) is 5.69. The first kappa shape index (κ1) is 14.2. The maximum absolute atomic E-state index is 13.3. The molecule has 3 N–H and O–H groups in total. The summed E-state index contributed by atoms with van der Waals surface area (Å²) in [6, 6.07) is 1.85. The third-order valence-corrected chi connectivity index (χ3v) is 2.21. The molecule has 1 atom stereocenters. The van der Waals surface area contributed by atoms with Crippen molar-refractivity contribution in [2.24, 2.45) is 5.73 Å². The van der Waals surface area contributed by atoms with Gasteiger partial charge in [0.05, 0.1) is 5.02 Å². The summed E-state index contributed by atoms with van der Waals surface area (Å²) in [5.74, 6) is -0.845. The largest absolute Gasteiger partial charge is 0.506 e. The van der Waals surface area contributed by atoms with E-state index in [4.69, 9.17) is 17.3 Å². The molecule has 0 fully saturated rings. The fourth-order valence-electron chi connectivity index (χ4n) is 1.21. The molecule has 0 radical (unpaired) electrons. The summed E-state index contributed by atoms with van der Waals surface area (Å²) in [6.45, 7) is 3.49. The van der Waals surface area contributed by atoms with E-state index in [0.717, 1.165) is 0 Å². The normalized spacial score (nSPS) is 11.7. The smallest absolute Gasteiger partial charge is 0.141 e. The maximum Gasteiger partial charge on any atom is 0.141 e. The molecule has 0 saturated carbocycles. The second kappa shape index (κ2) is 5.95. The van der Waals surface area contributed by atoms with Gasteiger partial charge in [-0.3, -0.25) is 0 Å². The van der Waals surface area contributed by atoms with Gasteiger partial charge in [-0.25, -0.2) is 4.39 Å². The van der Waals surface area contributed by atoms with E-state index in [1.54, 1.807) is 6.08 Å². The molecule has 15 heavy (non-hydrogen) atoms. The van der Waals surface area contributed by atoms with E-state index >= 15 is 0 Å². The van der Waals surface area contributed by atoms with Crippen molar-refractivity contribution >= 4 is 24.0 Å². The van der Waals surface area contributed by atoms with Crippen molar-refractivity contribution in [3.8, 4) is 5.75 Å². The number of hydrogen-bond acceptors (Lipinski definition) is 2. The van der Waals surface area contributed by atoms with E-state index in [1.165, 1.54) is 12.1 Å². The van der Waals surface area contributed by atoms with E-state index in [9.17, 15) is 9.50 Å². The van der Waals surface area contributed by atoms with Crippen LogP contribution in [0, 0.1) is 5.82 Å². The van der Waals surface area contributed by atoms with Crippen LogP contribution in [0.2, 0.25) is 5.02 Å². The zero-order chi connectivity index (χ0) is 10.7. The molecule has 1 aromatic carbocycles. The van der Waals surface area contributed by atoms with Crippen molar-refractivity contribution in [1.82, 2.24) is 0 Å². The molecule has 0 aliphatic carbocycles. The highest BCUT2D eigenvalue weighted by molar-refractivity contribution is 6.32. The molecular formula is C10H12Cl2FNO. The summed E-state index contributed by atoms with van der Waals surface area (Å²) < 4.78 is 13.3. The first-order valence-corrected chi connectivity index (χ1v) is 4.49. The molecule has 1 rings (SSSR count). The Kier molecular flexibility index (Phi) is 5.65. The maximum atomic E-state index is 13.3. The summed E-state index contributed by atoms with van der Waals surface area (Å²) in [7, 11) is 0. The molecule has 0 heterocycles. The second-order valence-electron chi connectivity index (χ2n) is 2.92. The van der Waals surface area contributed by atoms with Gasteiger partial charge >= 0.3 is 0 Å². The first-order valence-electron chi connectivity index (χ1n) is 4.11. The average molecular weight is 252 g/mol. The summed E-state index contributed by atoms with van der Waals surface area (Å²) >= 11 is 5.63. The molecule has 2 nitrogen and oxygen atoms in total. The van der Waals surface area contributed by atoms with Crippen molar-refractivity contribution in [3.63, 3.8) is 0 Å². The van der Waals surface area contributed by atoms with Gasteiger partial charge < -0.3 is 10.8 Å². The summed E-state index contributed by atoms with van der Waals surface area (Å²) in [4.78, 5) is 0. The van der Waals surface area contributed by atoms with Crippen molar-refractivity contribution in [3.05, 3.63) is 41.2 Å². The molecule has 1 aromatic rings. The Hall–Kier alpha value is -0.770. The summed E-state index contributed by atoms with van der Waals surface area (Å²) in [6.07, 6.45) is 1.94. The lowest BCUT2D eigenvalue weighted by Crippen LogP contribution is -2.11. The Morgan fingerprint density at radius 1 is 1.60 bits per heavy atom. The Morgan fingerprint density at radius 2 is 2.20 bits per heavy atom. The third kappa shape index (κ3) is 3.09. The van der Waals surface area contributed by atoms with Crippen LogP contribution in [-0.2, 0) is 0 Å². The molecule has 84 valence electrons. The van der Waals surface area contributed by atoms with Crippen LogP contribution in [0.15, 0.2) is 24.8 Å². The van der Waals surface area contributed by atoms with E-state index in [1.807, 2.05) is 0 Å². The highest BCUT2D eigenvalue weighted by Gasteiger charge is 2.17. The number of hydrogen-bond donors (Lipinski definition) is 2. The number of aromatic hydroxyl groups is 1. The monoisotopic (exact) mass is 251 g/mol. The van der Waals surface area contributed by atoms with Gasteiger partial charge in [0.1, 0.15) is 11.6 Å². The Labute approximate surface area is 99.0 Å². The standard InChI is InChI=1S/C10H11ClFNO.ClH/c1-2-3-8(13)9-7(12)5-4-6(11)10(9)14;/h2,4-5,8,14H,1,3,13H2;1H/t8-;/m0./s1. The second-order valence-corrected chi connectivity index (χ2v) is 3.33. The highest BCUT2D eigenvalue weighted by atomic mass is 35.5. The predicted octanol–water partition coefficient (Wildman–Crippen LogP) is 3.18. The van der Waals surface area contributed by atoms with Crippen LogP contribution in [0.25, 0.3) is 0 Å². The molecule has 0 aromatic heterocycles. The van der Waals surface area contributed by atoms with Gasteiger partial charge in [0.2, 0.25) is 0 Å². The minimum atomic E-state index is -0.619. The van der Waals surface area contributed by atoms with Gasteiger partial charge in [0.15, 0.2) is 0 Å². The van der Waals surface area contributed by atoms with Gasteiger partial charge in [-0.05, 0) is 18.6 Å². The molecule has 0 unspecified atom stereocenters. The Balaban J connectivity index is 0.00000196. The van der Waals surface area contributed by atoms with Crippen LogP contribution >= 0.6 is 24.0 Å². The molecule has 0 aliphatic rings. The van der Waals surface area contributed by atoms with Gasteiger partial charge in [-0.2, -0.15) is 0 Å². The van der Waals surface area contributed by atoms with Gasteiger partial charge in [0, 0.05) is 11.6 Å². The number of nitrogens with two attached hydrogens (primary N) is 1. The minimum absolute atomic E-state index is 0. The number of phenolic OH excluding ortho intramolecular Hbond substituents is 1. The average Bonchev–Trinajstić information content (AvgIpc) is 2.13. The minimum Gasteiger partial charge on any atom is -0.506 e. The lowest BCUT2D eigenvalue weighted by molar-refractivity contribution is 0.449. The fourth-order valence-corrected chi connectivity index (χ4v) is 1.37. The van der Waals surface area contributed by atoms with Crippen LogP contribution in [0.1, 0.15) is 18.0 Å². The fraction of sp³-hybridized carbons (Fsp3) is 0.200. The van der Waals surface area contributed by atoms with Crippen LogP contribution in [0.5, 0.6) is 5.75 Å². The van der Waals surface area contributed by atoms with Crippen LogP contribution in [0.4, 0.5) is 4.39 Å². The zero-order valence-electron chi connectivity index (χ0n) is 7.91. The molecule has 0 amide bonds. The van der Waals surface area contributed by atoms with E-state index in [0.29, 0.717) is 6.42 Å². The van der Waals surface area contributed by atoms with E-state index in [2.05, 4.69) is 6.58 Å². The number of phenols is 1. The van der Waals surface area contributed by atoms with Gasteiger partial charge in [-0.15, -0.1) is 19.0 Å². The van der Waals surface area contributed by atoms with Crippen molar-refractivity contribution in [2.75, 3.05) is 0 Å². The third-order valence-electron chi connectivity index (χ3n) is 1.91. The summed E-state index contributed by atoms with van der Waals surface area (Å²) in [5, 5.41) is 9.59. The lowest BCUT2D eigenvalue weighted by Gasteiger charge is -2.13. The number of halogens is 3. The quantitative estimate of drug-likeness (QED) is 0.811. The van der Waals surface area contributed by atoms with Gasteiger partial charge in [0.25, 0.3) is 0 Å². The molecule has 5 heteroatoms. The first-order chi connectivity index (χ1) is 6.57. The molecule has 0 spiro atoms. The van der Waals surface area contributed by atoms with Crippen LogP contribution in [-0.4, -0.2) is 5.11 Å². The van der Waals surface area contributed by atoms with Crippen LogP contribution in [0.3, 0.4) is 0 Å². The van der Waals surface area contributed by atoms with E-state index in [-0.39, 0.29) is 28.7 Å². The van der Waals surface area contributed by atoms with Crippen molar-refractivity contribution < 1.29 is 9.50 Å². The van der Waals surface area contributed by atoms with Crippen LogP contribution < -0.4 is 5.73 Å². The zero-order valence-corrected chi connectivity index (χ0v) is 9.48. The lowest BCUT2D eigenvalue weighted by atomic mass is 10.0. The molecule has 0 saturated heterocycles. The Morgan fingerprint density at radius 3 is 2.73 bits per heavy atom. The number of rotatable bonds is 3. The predicted molar refractivity (Wildman–Crippen MR) is 62.1 cm³/mol. The van der Waals surface area contributed by atoms with Crippen molar-refractivity contribution in [1.29, 1.82) is 0 Å².